The number of anilines is 2. The molecule has 1 amide bonds. The maximum absolute atomic E-state index is 11.9. The van der Waals surface area contributed by atoms with Gasteiger partial charge in [-0.3, -0.25) is 4.79 Å². The maximum atomic E-state index is 11.9. The van der Waals surface area contributed by atoms with Gasteiger partial charge in [-0.05, 0) is 37.0 Å². The van der Waals surface area contributed by atoms with Crippen molar-refractivity contribution in [2.45, 2.75) is 19.8 Å². The lowest BCUT2D eigenvalue weighted by Crippen LogP contribution is -2.34. The van der Waals surface area contributed by atoms with Crippen LogP contribution in [-0.4, -0.2) is 26.0 Å². The number of rotatable bonds is 2. The number of nitrogens with one attached hydrogen (secondary N) is 1. The quantitative estimate of drug-likeness (QED) is 0.784. The van der Waals surface area contributed by atoms with E-state index in [0.717, 1.165) is 24.7 Å². The van der Waals surface area contributed by atoms with E-state index in [2.05, 4.69) is 17.1 Å². The third-order valence-electron chi connectivity index (χ3n) is 3.62. The lowest BCUT2D eigenvalue weighted by atomic mass is 9.98. The fourth-order valence-electron chi connectivity index (χ4n) is 2.39. The van der Waals surface area contributed by atoms with Crippen LogP contribution >= 0.6 is 0 Å². The molecule has 4 nitrogen and oxygen atoms in total. The molecule has 0 atom stereocenters. The van der Waals surface area contributed by atoms with Crippen LogP contribution in [0.25, 0.3) is 0 Å². The number of amides is 1. The van der Waals surface area contributed by atoms with Gasteiger partial charge < -0.3 is 16.0 Å². The largest absolute Gasteiger partial charge is 0.399 e. The highest BCUT2D eigenvalue weighted by Gasteiger charge is 2.20. The first-order valence-corrected chi connectivity index (χ1v) is 6.48. The van der Waals surface area contributed by atoms with Crippen molar-refractivity contribution in [3.8, 4) is 0 Å². The molecule has 0 unspecified atom stereocenters. The van der Waals surface area contributed by atoms with Crippen LogP contribution in [0.15, 0.2) is 18.2 Å². The molecule has 1 fully saturated rings. The van der Waals surface area contributed by atoms with Crippen LogP contribution in [0.5, 0.6) is 0 Å². The minimum atomic E-state index is -0.0522. The van der Waals surface area contributed by atoms with E-state index in [-0.39, 0.29) is 5.91 Å². The first-order valence-electron chi connectivity index (χ1n) is 6.48. The van der Waals surface area contributed by atoms with Gasteiger partial charge in [-0.25, -0.2) is 0 Å². The number of carbonyl (C=O) groups is 1. The normalized spacial score (nSPS) is 16.7. The fraction of sp³-hybridized carbons (Fsp3) is 0.500. The summed E-state index contributed by atoms with van der Waals surface area (Å²) < 4.78 is 0. The van der Waals surface area contributed by atoms with E-state index in [9.17, 15) is 4.79 Å². The van der Waals surface area contributed by atoms with Crippen LogP contribution in [-0.2, 0) is 0 Å². The molecule has 2 rings (SSSR count). The average molecular weight is 247 g/mol. The molecule has 0 saturated carbocycles. The van der Waals surface area contributed by atoms with E-state index in [1.54, 1.807) is 13.1 Å². The van der Waals surface area contributed by atoms with Crippen LogP contribution in [0.1, 0.15) is 30.1 Å². The Morgan fingerprint density at radius 3 is 2.67 bits per heavy atom. The first-order chi connectivity index (χ1) is 8.61. The van der Waals surface area contributed by atoms with E-state index in [1.807, 2.05) is 12.1 Å². The summed E-state index contributed by atoms with van der Waals surface area (Å²) in [7, 11) is 1.65. The Hall–Kier alpha value is -1.71. The summed E-state index contributed by atoms with van der Waals surface area (Å²) in [6.07, 6.45) is 2.34. The van der Waals surface area contributed by atoms with Gasteiger partial charge in [0.05, 0.1) is 11.3 Å². The highest BCUT2D eigenvalue weighted by molar-refractivity contribution is 6.00. The van der Waals surface area contributed by atoms with Gasteiger partial charge in [-0.1, -0.05) is 6.92 Å². The Balaban J connectivity index is 2.30. The molecular formula is C14H21N3O. The molecule has 0 aliphatic carbocycles. The molecule has 0 spiro atoms. The van der Waals surface area contributed by atoms with E-state index in [4.69, 9.17) is 5.73 Å². The summed E-state index contributed by atoms with van der Waals surface area (Å²) in [5.41, 5.74) is 8.22. The Bertz CT molecular complexity index is 437. The van der Waals surface area contributed by atoms with Crippen molar-refractivity contribution in [2.75, 3.05) is 30.8 Å². The molecule has 1 heterocycles. The molecule has 0 bridgehead atoms. The Kier molecular flexibility index (Phi) is 3.75. The minimum absolute atomic E-state index is 0.0522. The van der Waals surface area contributed by atoms with Crippen LogP contribution < -0.4 is 16.0 Å². The second-order valence-electron chi connectivity index (χ2n) is 5.03. The Morgan fingerprint density at radius 2 is 2.06 bits per heavy atom. The van der Waals surface area contributed by atoms with E-state index >= 15 is 0 Å². The van der Waals surface area contributed by atoms with Gasteiger partial charge in [0.2, 0.25) is 0 Å². The smallest absolute Gasteiger partial charge is 0.253 e. The number of hydrogen-bond donors (Lipinski definition) is 2. The van der Waals surface area contributed by atoms with E-state index in [1.165, 1.54) is 12.8 Å². The van der Waals surface area contributed by atoms with E-state index in [0.29, 0.717) is 11.3 Å². The zero-order valence-corrected chi connectivity index (χ0v) is 11.1. The van der Waals surface area contributed by atoms with Gasteiger partial charge in [0, 0.05) is 25.8 Å². The van der Waals surface area contributed by atoms with Crippen molar-refractivity contribution >= 4 is 17.3 Å². The van der Waals surface area contributed by atoms with Crippen molar-refractivity contribution < 1.29 is 4.79 Å². The van der Waals surface area contributed by atoms with Gasteiger partial charge >= 0.3 is 0 Å². The van der Waals surface area contributed by atoms with Crippen molar-refractivity contribution in [1.29, 1.82) is 0 Å². The summed E-state index contributed by atoms with van der Waals surface area (Å²) in [5, 5.41) is 2.68. The SMILES string of the molecule is CNC(=O)c1ccc(N)cc1N1CCC(C)CC1. The number of nitrogen functional groups attached to an aromatic ring is 1. The second kappa shape index (κ2) is 5.29. The van der Waals surface area contributed by atoms with E-state index < -0.39 is 0 Å². The average Bonchev–Trinajstić information content (AvgIpc) is 2.38. The molecule has 1 aliphatic heterocycles. The first kappa shape index (κ1) is 12.7. The molecule has 1 aliphatic rings. The molecule has 1 aromatic carbocycles. The zero-order valence-electron chi connectivity index (χ0n) is 11.1. The molecule has 1 aromatic rings. The number of piperidine rings is 1. The van der Waals surface area contributed by atoms with Crippen LogP contribution in [0.2, 0.25) is 0 Å². The highest BCUT2D eigenvalue weighted by atomic mass is 16.1. The molecular weight excluding hydrogens is 226 g/mol. The third kappa shape index (κ3) is 2.58. The van der Waals surface area contributed by atoms with Crippen molar-refractivity contribution in [3.05, 3.63) is 23.8 Å². The fourth-order valence-corrected chi connectivity index (χ4v) is 2.39. The molecule has 98 valence electrons. The number of carbonyl (C=O) groups excluding carboxylic acids is 1. The predicted molar refractivity (Wildman–Crippen MR) is 74.9 cm³/mol. The van der Waals surface area contributed by atoms with Crippen molar-refractivity contribution in [1.82, 2.24) is 5.32 Å². The standard InChI is InChI=1S/C14H21N3O/c1-10-5-7-17(8-6-10)13-9-11(15)3-4-12(13)14(18)16-2/h3-4,9-10H,5-8,15H2,1-2H3,(H,16,18). The summed E-state index contributed by atoms with van der Waals surface area (Å²) in [5.74, 6) is 0.717. The summed E-state index contributed by atoms with van der Waals surface area (Å²) in [6, 6.07) is 5.49. The van der Waals surface area contributed by atoms with Gasteiger partial charge in [-0.15, -0.1) is 0 Å². The molecule has 18 heavy (non-hydrogen) atoms. The molecule has 1 saturated heterocycles. The summed E-state index contributed by atoms with van der Waals surface area (Å²) in [6.45, 7) is 4.26. The summed E-state index contributed by atoms with van der Waals surface area (Å²) >= 11 is 0. The highest BCUT2D eigenvalue weighted by Crippen LogP contribution is 2.28. The predicted octanol–water partition coefficient (Wildman–Crippen LogP) is 1.86. The van der Waals surface area contributed by atoms with Crippen molar-refractivity contribution in [2.24, 2.45) is 5.92 Å². The molecule has 3 N–H and O–H groups in total. The summed E-state index contributed by atoms with van der Waals surface area (Å²) in [4.78, 5) is 14.1. The van der Waals surface area contributed by atoms with Crippen LogP contribution in [0.4, 0.5) is 11.4 Å². The zero-order chi connectivity index (χ0) is 13.1. The van der Waals surface area contributed by atoms with Gasteiger partial charge in [0.25, 0.3) is 5.91 Å². The second-order valence-corrected chi connectivity index (χ2v) is 5.03. The Morgan fingerprint density at radius 1 is 1.39 bits per heavy atom. The molecule has 4 heteroatoms. The monoisotopic (exact) mass is 247 g/mol. The van der Waals surface area contributed by atoms with Gasteiger partial charge in [0.1, 0.15) is 0 Å². The number of hydrogen-bond acceptors (Lipinski definition) is 3. The lowest BCUT2D eigenvalue weighted by molar-refractivity contribution is 0.0963. The minimum Gasteiger partial charge on any atom is -0.399 e. The molecule has 0 radical (unpaired) electrons. The van der Waals surface area contributed by atoms with Crippen LogP contribution in [0.3, 0.4) is 0 Å². The number of benzene rings is 1. The van der Waals surface area contributed by atoms with Gasteiger partial charge in [-0.2, -0.15) is 0 Å². The van der Waals surface area contributed by atoms with Gasteiger partial charge in [0.15, 0.2) is 0 Å². The third-order valence-corrected chi connectivity index (χ3v) is 3.62. The Labute approximate surface area is 108 Å². The topological polar surface area (TPSA) is 58.4 Å². The maximum Gasteiger partial charge on any atom is 0.253 e. The van der Waals surface area contributed by atoms with Crippen LogP contribution in [0, 0.1) is 5.92 Å². The molecule has 0 aromatic heterocycles. The van der Waals surface area contributed by atoms with Crippen molar-refractivity contribution in [3.63, 3.8) is 0 Å². The number of nitrogens with two attached hydrogens (primary N) is 1. The lowest BCUT2D eigenvalue weighted by Gasteiger charge is -2.33. The number of nitrogens with zero attached hydrogens (tertiary/aromatic N) is 1.